The summed E-state index contributed by atoms with van der Waals surface area (Å²) in [5.74, 6) is 0.0583. The van der Waals surface area contributed by atoms with Crippen molar-refractivity contribution in [2.45, 2.75) is 52.9 Å². The molecule has 0 aromatic rings. The van der Waals surface area contributed by atoms with E-state index in [2.05, 4.69) is 25.8 Å². The van der Waals surface area contributed by atoms with E-state index in [4.69, 9.17) is 0 Å². The van der Waals surface area contributed by atoms with Gasteiger partial charge in [-0.05, 0) is 30.6 Å². The van der Waals surface area contributed by atoms with Gasteiger partial charge in [0.25, 0.3) is 0 Å². The summed E-state index contributed by atoms with van der Waals surface area (Å²) in [5, 5.41) is 0. The molecular formula is C15H23NO2. The number of Topliss-reactive ketones (excluding diaryl/α,β-unsaturated/α-hetero) is 2. The van der Waals surface area contributed by atoms with Crippen LogP contribution in [0.3, 0.4) is 0 Å². The van der Waals surface area contributed by atoms with Crippen molar-refractivity contribution in [1.82, 2.24) is 0 Å². The van der Waals surface area contributed by atoms with Crippen molar-refractivity contribution in [3.8, 4) is 0 Å². The van der Waals surface area contributed by atoms with E-state index in [1.165, 1.54) is 0 Å². The predicted molar refractivity (Wildman–Crippen MR) is 71.8 cm³/mol. The van der Waals surface area contributed by atoms with Crippen molar-refractivity contribution in [1.29, 1.82) is 0 Å². The Labute approximate surface area is 109 Å². The molecule has 0 radical (unpaired) electrons. The van der Waals surface area contributed by atoms with E-state index in [-0.39, 0.29) is 17.0 Å². The molecule has 0 aromatic heterocycles. The Balaban J connectivity index is 2.19. The van der Waals surface area contributed by atoms with E-state index >= 15 is 0 Å². The van der Waals surface area contributed by atoms with Gasteiger partial charge in [-0.3, -0.25) is 14.6 Å². The minimum absolute atomic E-state index is 0.100. The number of carbonyl (C=O) groups is 2. The van der Waals surface area contributed by atoms with Crippen LogP contribution < -0.4 is 0 Å². The van der Waals surface area contributed by atoms with Gasteiger partial charge < -0.3 is 0 Å². The molecule has 0 amide bonds. The van der Waals surface area contributed by atoms with Crippen molar-refractivity contribution in [3.05, 3.63) is 0 Å². The lowest BCUT2D eigenvalue weighted by molar-refractivity contribution is -0.138. The van der Waals surface area contributed by atoms with Gasteiger partial charge in [0.15, 0.2) is 0 Å². The fraction of sp³-hybridized carbons (Fsp3) is 0.800. The van der Waals surface area contributed by atoms with Crippen LogP contribution in [-0.4, -0.2) is 23.8 Å². The number of nitrogens with zero attached hydrogens (tertiary/aromatic N) is 1. The minimum Gasteiger partial charge on any atom is -0.298 e. The van der Waals surface area contributed by atoms with E-state index in [9.17, 15) is 9.59 Å². The van der Waals surface area contributed by atoms with Crippen LogP contribution in [0, 0.1) is 17.3 Å². The molecule has 0 atom stereocenters. The number of hydrogen-bond acceptors (Lipinski definition) is 3. The SMILES string of the molecule is CC(C)C1(C)CC(=O)C(C2=NCCCC2)C(=O)C1. The fourth-order valence-corrected chi connectivity index (χ4v) is 2.98. The first kappa shape index (κ1) is 13.4. The molecule has 0 bridgehead atoms. The summed E-state index contributed by atoms with van der Waals surface area (Å²) in [4.78, 5) is 29.1. The van der Waals surface area contributed by atoms with Gasteiger partial charge in [0.2, 0.25) is 0 Å². The molecule has 2 aliphatic rings. The topological polar surface area (TPSA) is 46.5 Å². The van der Waals surface area contributed by atoms with E-state index in [0.29, 0.717) is 18.8 Å². The van der Waals surface area contributed by atoms with Crippen LogP contribution in [0.2, 0.25) is 0 Å². The molecule has 0 N–H and O–H groups in total. The van der Waals surface area contributed by atoms with E-state index < -0.39 is 5.92 Å². The number of hydrogen-bond donors (Lipinski definition) is 0. The minimum atomic E-state index is -0.503. The Morgan fingerprint density at radius 2 is 1.78 bits per heavy atom. The van der Waals surface area contributed by atoms with E-state index in [1.54, 1.807) is 0 Å². The maximum Gasteiger partial charge on any atom is 0.149 e. The highest BCUT2D eigenvalue weighted by Crippen LogP contribution is 2.41. The molecule has 3 nitrogen and oxygen atoms in total. The average Bonchev–Trinajstić information content (AvgIpc) is 2.29. The molecule has 1 aliphatic heterocycles. The predicted octanol–water partition coefficient (Wildman–Crippen LogP) is 2.82. The first-order chi connectivity index (χ1) is 8.44. The van der Waals surface area contributed by atoms with Crippen LogP contribution in [-0.2, 0) is 9.59 Å². The first-order valence-electron chi connectivity index (χ1n) is 7.03. The summed E-state index contributed by atoms with van der Waals surface area (Å²) >= 11 is 0. The maximum atomic E-state index is 12.3. The van der Waals surface area contributed by atoms with Gasteiger partial charge in [-0.1, -0.05) is 20.8 Å². The second-order valence-corrected chi connectivity index (χ2v) is 6.36. The summed E-state index contributed by atoms with van der Waals surface area (Å²) in [6.45, 7) is 7.04. The van der Waals surface area contributed by atoms with Gasteiger partial charge in [0.1, 0.15) is 17.5 Å². The van der Waals surface area contributed by atoms with Gasteiger partial charge in [-0.25, -0.2) is 0 Å². The normalized spacial score (nSPS) is 33.8. The molecule has 0 unspecified atom stereocenters. The highest BCUT2D eigenvalue weighted by molar-refractivity contribution is 6.22. The highest BCUT2D eigenvalue weighted by Gasteiger charge is 2.45. The Morgan fingerprint density at radius 1 is 1.17 bits per heavy atom. The van der Waals surface area contributed by atoms with Gasteiger partial charge in [0.05, 0.1) is 0 Å². The lowest BCUT2D eigenvalue weighted by atomic mass is 9.63. The number of carbonyl (C=O) groups excluding carboxylic acids is 2. The molecular weight excluding hydrogens is 226 g/mol. The van der Waals surface area contributed by atoms with Crippen LogP contribution in [0.1, 0.15) is 52.9 Å². The second kappa shape index (κ2) is 4.94. The van der Waals surface area contributed by atoms with Crippen LogP contribution in [0.5, 0.6) is 0 Å². The van der Waals surface area contributed by atoms with E-state index in [1.807, 2.05) is 0 Å². The summed E-state index contributed by atoms with van der Waals surface area (Å²) in [7, 11) is 0. The number of rotatable bonds is 2. The molecule has 100 valence electrons. The Hall–Kier alpha value is -0.990. The van der Waals surface area contributed by atoms with Gasteiger partial charge in [-0.2, -0.15) is 0 Å². The molecule has 2 rings (SSSR count). The largest absolute Gasteiger partial charge is 0.298 e. The van der Waals surface area contributed by atoms with Crippen molar-refractivity contribution < 1.29 is 9.59 Å². The lowest BCUT2D eigenvalue weighted by Crippen LogP contribution is -2.45. The zero-order chi connectivity index (χ0) is 13.3. The van der Waals surface area contributed by atoms with Gasteiger partial charge in [-0.15, -0.1) is 0 Å². The smallest absolute Gasteiger partial charge is 0.149 e. The third kappa shape index (κ3) is 2.40. The van der Waals surface area contributed by atoms with Crippen molar-refractivity contribution >= 4 is 17.3 Å². The summed E-state index contributed by atoms with van der Waals surface area (Å²) in [5.41, 5.74) is 0.710. The standard InChI is InChI=1S/C15H23NO2/c1-10(2)15(3)8-12(17)14(13(18)9-15)11-6-4-5-7-16-11/h10,14H,4-9H2,1-3H3. The Bertz CT molecular complexity index is 377. The molecule has 0 spiro atoms. The van der Waals surface area contributed by atoms with Gasteiger partial charge >= 0.3 is 0 Å². The van der Waals surface area contributed by atoms with Crippen molar-refractivity contribution in [2.75, 3.05) is 6.54 Å². The summed E-state index contributed by atoms with van der Waals surface area (Å²) in [6, 6.07) is 0. The van der Waals surface area contributed by atoms with Crippen LogP contribution >= 0.6 is 0 Å². The van der Waals surface area contributed by atoms with Crippen LogP contribution in [0.15, 0.2) is 4.99 Å². The third-order valence-electron chi connectivity index (χ3n) is 4.68. The molecule has 1 fully saturated rings. The average molecular weight is 249 g/mol. The van der Waals surface area contributed by atoms with Crippen LogP contribution in [0.4, 0.5) is 0 Å². The molecule has 0 saturated heterocycles. The lowest BCUT2D eigenvalue weighted by Gasteiger charge is -2.39. The third-order valence-corrected chi connectivity index (χ3v) is 4.68. The quantitative estimate of drug-likeness (QED) is 0.706. The summed E-state index contributed by atoms with van der Waals surface area (Å²) in [6.07, 6.45) is 4.04. The van der Waals surface area contributed by atoms with Crippen molar-refractivity contribution in [3.63, 3.8) is 0 Å². The number of aliphatic imine (C=N–C) groups is 1. The first-order valence-corrected chi connectivity index (χ1v) is 7.03. The molecule has 1 saturated carbocycles. The molecule has 3 heteroatoms. The molecule has 0 aromatic carbocycles. The molecule has 1 heterocycles. The van der Waals surface area contributed by atoms with E-state index in [0.717, 1.165) is 31.5 Å². The monoisotopic (exact) mass is 249 g/mol. The Morgan fingerprint density at radius 3 is 2.22 bits per heavy atom. The fourth-order valence-electron chi connectivity index (χ4n) is 2.98. The molecule has 18 heavy (non-hydrogen) atoms. The maximum absolute atomic E-state index is 12.3. The summed E-state index contributed by atoms with van der Waals surface area (Å²) < 4.78 is 0. The van der Waals surface area contributed by atoms with Gasteiger partial charge in [0, 0.05) is 25.1 Å². The Kier molecular flexibility index (Phi) is 3.69. The second-order valence-electron chi connectivity index (χ2n) is 6.36. The molecule has 1 aliphatic carbocycles. The van der Waals surface area contributed by atoms with Crippen LogP contribution in [0.25, 0.3) is 0 Å². The zero-order valence-corrected chi connectivity index (χ0v) is 11.7. The highest BCUT2D eigenvalue weighted by atomic mass is 16.2. The van der Waals surface area contributed by atoms with Crippen molar-refractivity contribution in [2.24, 2.45) is 22.2 Å². The zero-order valence-electron chi connectivity index (χ0n) is 11.7. The number of ketones is 2.